The highest BCUT2D eigenvalue weighted by molar-refractivity contribution is 7.09. The molecule has 0 saturated carbocycles. The fourth-order valence-corrected chi connectivity index (χ4v) is 4.01. The number of hydrogen-bond donors (Lipinski definition) is 1. The number of esters is 1. The summed E-state index contributed by atoms with van der Waals surface area (Å²) in [5.41, 5.74) is 2.88. The maximum atomic E-state index is 12.9. The van der Waals surface area contributed by atoms with E-state index in [9.17, 15) is 9.59 Å². The fraction of sp³-hybridized carbons (Fsp3) is 0.250. The maximum Gasteiger partial charge on any atom is 0.337 e. The molecule has 1 N–H and O–H groups in total. The van der Waals surface area contributed by atoms with Crippen LogP contribution >= 0.6 is 11.3 Å². The minimum atomic E-state index is -0.439. The van der Waals surface area contributed by atoms with Crippen molar-refractivity contribution < 1.29 is 19.1 Å². The summed E-state index contributed by atoms with van der Waals surface area (Å²) >= 11 is 1.66. The van der Waals surface area contributed by atoms with E-state index in [1.807, 2.05) is 42.6 Å². The van der Waals surface area contributed by atoms with Gasteiger partial charge in [0.25, 0.3) is 0 Å². The first kappa shape index (κ1) is 22.5. The number of para-hydroxylation sites is 1. The van der Waals surface area contributed by atoms with Crippen molar-refractivity contribution in [2.45, 2.75) is 20.0 Å². The van der Waals surface area contributed by atoms with Gasteiger partial charge in [0, 0.05) is 29.2 Å². The highest BCUT2D eigenvalue weighted by Gasteiger charge is 2.16. The summed E-state index contributed by atoms with van der Waals surface area (Å²) in [4.78, 5) is 28.0. The van der Waals surface area contributed by atoms with Crippen LogP contribution in [0.4, 0.5) is 5.69 Å². The summed E-state index contributed by atoms with van der Waals surface area (Å²) in [6.45, 7) is 3.29. The Hall–Kier alpha value is -3.16. The summed E-state index contributed by atoms with van der Waals surface area (Å²) in [6, 6.07) is 17.0. The van der Waals surface area contributed by atoms with Crippen molar-refractivity contribution in [2.75, 3.05) is 26.1 Å². The lowest BCUT2D eigenvalue weighted by Gasteiger charge is -2.22. The van der Waals surface area contributed by atoms with Crippen LogP contribution in [0.3, 0.4) is 0 Å². The lowest BCUT2D eigenvalue weighted by atomic mass is 10.1. The van der Waals surface area contributed by atoms with Gasteiger partial charge in [-0.15, -0.1) is 11.3 Å². The number of anilines is 1. The summed E-state index contributed by atoms with van der Waals surface area (Å²) in [5, 5.41) is 4.96. The van der Waals surface area contributed by atoms with Crippen molar-refractivity contribution in [3.05, 3.63) is 81.5 Å². The van der Waals surface area contributed by atoms with Crippen LogP contribution in [0, 0.1) is 6.92 Å². The van der Waals surface area contributed by atoms with Gasteiger partial charge in [-0.25, -0.2) is 4.79 Å². The number of carbonyl (C=O) groups is 2. The Morgan fingerprint density at radius 2 is 1.84 bits per heavy atom. The van der Waals surface area contributed by atoms with E-state index in [0.29, 0.717) is 24.3 Å². The number of carbonyl (C=O) groups excluding carboxylic acids is 2. The van der Waals surface area contributed by atoms with Gasteiger partial charge < -0.3 is 14.8 Å². The highest BCUT2D eigenvalue weighted by atomic mass is 32.1. The Bertz CT molecular complexity index is 1030. The van der Waals surface area contributed by atoms with Gasteiger partial charge >= 0.3 is 5.97 Å². The number of amides is 1. The Kier molecular flexibility index (Phi) is 7.81. The van der Waals surface area contributed by atoms with Crippen molar-refractivity contribution in [1.82, 2.24) is 4.90 Å². The van der Waals surface area contributed by atoms with Gasteiger partial charge in [0.15, 0.2) is 0 Å². The normalized spacial score (nSPS) is 10.7. The second-order valence-corrected chi connectivity index (χ2v) is 8.14. The van der Waals surface area contributed by atoms with Crippen LogP contribution in [0.15, 0.2) is 60.0 Å². The fourth-order valence-electron chi connectivity index (χ4n) is 3.26. The van der Waals surface area contributed by atoms with Gasteiger partial charge in [0.2, 0.25) is 5.91 Å². The zero-order chi connectivity index (χ0) is 22.2. The second-order valence-electron chi connectivity index (χ2n) is 7.11. The molecule has 1 amide bonds. The summed E-state index contributed by atoms with van der Waals surface area (Å²) < 4.78 is 10.3. The molecule has 3 rings (SSSR count). The number of benzene rings is 2. The number of nitrogens with zero attached hydrogens (tertiary/aromatic N) is 1. The first-order valence-electron chi connectivity index (χ1n) is 9.85. The second kappa shape index (κ2) is 10.7. The van der Waals surface area contributed by atoms with E-state index in [0.717, 1.165) is 16.9 Å². The zero-order valence-electron chi connectivity index (χ0n) is 17.9. The number of thiophene rings is 1. The molecule has 0 aliphatic rings. The summed E-state index contributed by atoms with van der Waals surface area (Å²) in [5.74, 6) is 0.197. The monoisotopic (exact) mass is 438 g/mol. The van der Waals surface area contributed by atoms with E-state index in [2.05, 4.69) is 16.3 Å². The first-order valence-corrected chi connectivity index (χ1v) is 10.7. The predicted molar refractivity (Wildman–Crippen MR) is 123 cm³/mol. The molecule has 1 aromatic heterocycles. The van der Waals surface area contributed by atoms with Crippen LogP contribution in [0.2, 0.25) is 0 Å². The van der Waals surface area contributed by atoms with Crippen LogP contribution in [-0.2, 0) is 22.6 Å². The average molecular weight is 439 g/mol. The average Bonchev–Trinajstić information content (AvgIpc) is 3.28. The Morgan fingerprint density at radius 1 is 1.03 bits per heavy atom. The van der Waals surface area contributed by atoms with Crippen LogP contribution in [0.25, 0.3) is 0 Å². The van der Waals surface area contributed by atoms with Crippen molar-refractivity contribution >= 4 is 28.9 Å². The van der Waals surface area contributed by atoms with E-state index in [1.54, 1.807) is 36.6 Å². The molecule has 3 aromatic rings. The van der Waals surface area contributed by atoms with Crippen LogP contribution in [0.1, 0.15) is 26.4 Å². The minimum Gasteiger partial charge on any atom is -0.496 e. The highest BCUT2D eigenvalue weighted by Crippen LogP contribution is 2.22. The third-order valence-corrected chi connectivity index (χ3v) is 5.71. The Balaban J connectivity index is 1.76. The van der Waals surface area contributed by atoms with Crippen molar-refractivity contribution in [2.24, 2.45) is 0 Å². The molecular weight excluding hydrogens is 412 g/mol. The zero-order valence-corrected chi connectivity index (χ0v) is 18.7. The van der Waals surface area contributed by atoms with E-state index in [1.165, 1.54) is 12.0 Å². The molecule has 7 heteroatoms. The number of hydrogen-bond acceptors (Lipinski definition) is 6. The Labute approximate surface area is 186 Å². The molecule has 0 saturated heterocycles. The maximum absolute atomic E-state index is 12.9. The van der Waals surface area contributed by atoms with Crippen molar-refractivity contribution in [1.29, 1.82) is 0 Å². The molecule has 0 radical (unpaired) electrons. The molecule has 0 aliphatic heterocycles. The van der Waals surface area contributed by atoms with Gasteiger partial charge in [-0.1, -0.05) is 30.3 Å². The van der Waals surface area contributed by atoms with Crippen molar-refractivity contribution in [3.8, 4) is 5.75 Å². The minimum absolute atomic E-state index is 0.156. The first-order chi connectivity index (χ1) is 15.0. The standard InChI is InChI=1S/C24H26N2O4S/c1-17-10-11-18(24(28)30-3)13-21(17)25-23(27)16-26(15-20-8-6-12-31-20)14-19-7-4-5-9-22(19)29-2/h4-13H,14-16H2,1-3H3,(H,25,27). The van der Waals surface area contributed by atoms with Crippen LogP contribution < -0.4 is 10.1 Å². The predicted octanol–water partition coefficient (Wildman–Crippen LogP) is 4.49. The Morgan fingerprint density at radius 3 is 2.55 bits per heavy atom. The van der Waals surface area contributed by atoms with Crippen LogP contribution in [0.5, 0.6) is 5.75 Å². The lowest BCUT2D eigenvalue weighted by Crippen LogP contribution is -2.32. The van der Waals surface area contributed by atoms with E-state index < -0.39 is 5.97 Å². The van der Waals surface area contributed by atoms with Gasteiger partial charge in [-0.3, -0.25) is 9.69 Å². The molecule has 0 aliphatic carbocycles. The van der Waals surface area contributed by atoms with Crippen LogP contribution in [-0.4, -0.2) is 37.5 Å². The van der Waals surface area contributed by atoms with E-state index in [4.69, 9.17) is 9.47 Å². The number of methoxy groups -OCH3 is 2. The molecule has 6 nitrogen and oxygen atoms in total. The van der Waals surface area contributed by atoms with Gasteiger partial charge in [-0.05, 0) is 42.1 Å². The summed E-state index contributed by atoms with van der Waals surface area (Å²) in [6.07, 6.45) is 0. The number of aryl methyl sites for hydroxylation is 1. The number of rotatable bonds is 9. The molecule has 0 atom stereocenters. The lowest BCUT2D eigenvalue weighted by molar-refractivity contribution is -0.117. The van der Waals surface area contributed by atoms with E-state index >= 15 is 0 Å². The topological polar surface area (TPSA) is 67.9 Å². The molecule has 0 fully saturated rings. The molecule has 31 heavy (non-hydrogen) atoms. The van der Waals surface area contributed by atoms with Gasteiger partial charge in [0.1, 0.15) is 5.75 Å². The molecule has 162 valence electrons. The SMILES string of the molecule is COC(=O)c1ccc(C)c(NC(=O)CN(Cc2cccs2)Cc2ccccc2OC)c1. The van der Waals surface area contributed by atoms with Gasteiger partial charge in [0.05, 0.1) is 26.3 Å². The smallest absolute Gasteiger partial charge is 0.337 e. The molecule has 0 unspecified atom stereocenters. The molecular formula is C24H26N2O4S. The third-order valence-electron chi connectivity index (χ3n) is 4.85. The quantitative estimate of drug-likeness (QED) is 0.499. The number of ether oxygens (including phenoxy) is 2. The molecule has 1 heterocycles. The summed E-state index contributed by atoms with van der Waals surface area (Å²) in [7, 11) is 2.98. The molecule has 0 spiro atoms. The molecule has 2 aromatic carbocycles. The van der Waals surface area contributed by atoms with E-state index in [-0.39, 0.29) is 12.5 Å². The molecule has 0 bridgehead atoms. The largest absolute Gasteiger partial charge is 0.496 e. The van der Waals surface area contributed by atoms with Gasteiger partial charge in [-0.2, -0.15) is 0 Å². The number of nitrogens with one attached hydrogen (secondary N) is 1. The third kappa shape index (κ3) is 6.16. The van der Waals surface area contributed by atoms with Crippen molar-refractivity contribution in [3.63, 3.8) is 0 Å².